The number of rotatable bonds is 20. The van der Waals surface area contributed by atoms with Crippen LogP contribution in [0.4, 0.5) is 0 Å². The molecule has 0 aromatic heterocycles. The van der Waals surface area contributed by atoms with E-state index in [2.05, 4.69) is 36.7 Å². The number of phosphoric acid groups is 1. The fraction of sp³-hybridized carbons (Fsp3) is 1.00. The van der Waals surface area contributed by atoms with Crippen molar-refractivity contribution in [2.24, 2.45) is 0 Å². The van der Waals surface area contributed by atoms with E-state index in [0.29, 0.717) is 0 Å². The largest absolute Gasteiger partial charge is 0.756 e. The zero-order valence-corrected chi connectivity index (χ0v) is 22.1. The van der Waals surface area contributed by atoms with Gasteiger partial charge in [-0.15, -0.1) is 0 Å². The maximum absolute atomic E-state index is 11.0. The molecule has 0 rings (SSSR count). The van der Waals surface area contributed by atoms with Crippen molar-refractivity contribution in [2.45, 2.75) is 119 Å². The van der Waals surface area contributed by atoms with Crippen molar-refractivity contribution >= 4 is 7.82 Å². The van der Waals surface area contributed by atoms with Crippen LogP contribution >= 0.6 is 7.82 Å². The minimum Gasteiger partial charge on any atom is -0.756 e. The third kappa shape index (κ3) is 20.0. The van der Waals surface area contributed by atoms with Crippen LogP contribution in [0.2, 0.25) is 0 Å². The van der Waals surface area contributed by atoms with E-state index in [-0.39, 0.29) is 13.2 Å². The first-order valence-electron chi connectivity index (χ1n) is 12.8. The Morgan fingerprint density at radius 2 is 0.833 bits per heavy atom. The summed E-state index contributed by atoms with van der Waals surface area (Å²) in [6.45, 7) is 19.4. The first-order valence-corrected chi connectivity index (χ1v) is 14.3. The quantitative estimate of drug-likeness (QED) is 0.113. The van der Waals surface area contributed by atoms with Crippen LogP contribution in [-0.4, -0.2) is 43.9 Å². The first-order chi connectivity index (χ1) is 14.4. The molecule has 0 fully saturated rings. The summed E-state index contributed by atoms with van der Waals surface area (Å²) in [7, 11) is -4.00. The molecule has 0 bridgehead atoms. The Labute approximate surface area is 189 Å². The van der Waals surface area contributed by atoms with Crippen LogP contribution in [0.1, 0.15) is 119 Å². The summed E-state index contributed by atoms with van der Waals surface area (Å²) in [5.41, 5.74) is 0. The van der Waals surface area contributed by atoms with Gasteiger partial charge in [0.15, 0.2) is 0 Å². The van der Waals surface area contributed by atoms with Crippen molar-refractivity contribution in [3.63, 3.8) is 0 Å². The standard InChI is InChI=1S/C16H36N.C8H19O4P/c1-5-9-13-17(14-10-6-2,15-11-7-3)16-12-8-4;1-3-5-7-11-13(9,10)12-8-6-4-2/h5-16H2,1-4H3;3-8H2,1-2H3,(H,9,10)/q+1;/p-1. The Hall–Kier alpha value is 0.0700. The number of phosphoric ester groups is 1. The molecule has 0 unspecified atom stereocenters. The van der Waals surface area contributed by atoms with Crippen molar-refractivity contribution in [1.29, 1.82) is 0 Å². The fourth-order valence-electron chi connectivity index (χ4n) is 3.32. The summed E-state index contributed by atoms with van der Waals surface area (Å²) >= 11 is 0. The molecule has 0 N–H and O–H groups in total. The average Bonchev–Trinajstić information content (AvgIpc) is 2.73. The van der Waals surface area contributed by atoms with Crippen molar-refractivity contribution < 1.29 is 23.0 Å². The SMILES string of the molecule is CCCCOP(=O)([O-])OCCCC.CCCC[N+](CCCC)(CCCC)CCCC. The lowest BCUT2D eigenvalue weighted by Gasteiger charge is -2.39. The van der Waals surface area contributed by atoms with E-state index in [9.17, 15) is 9.46 Å². The second-order valence-electron chi connectivity index (χ2n) is 8.47. The van der Waals surface area contributed by atoms with Crippen LogP contribution in [-0.2, 0) is 13.6 Å². The van der Waals surface area contributed by atoms with Gasteiger partial charge in [0, 0.05) is 0 Å². The van der Waals surface area contributed by atoms with Gasteiger partial charge in [-0.25, -0.2) is 0 Å². The Morgan fingerprint density at radius 3 is 1.07 bits per heavy atom. The zero-order chi connectivity index (χ0) is 23.1. The molecular weight excluding hydrogens is 397 g/mol. The van der Waals surface area contributed by atoms with Crippen LogP contribution < -0.4 is 4.89 Å². The van der Waals surface area contributed by atoms with Crippen LogP contribution in [0.15, 0.2) is 0 Å². The highest BCUT2D eigenvalue weighted by molar-refractivity contribution is 7.45. The lowest BCUT2D eigenvalue weighted by atomic mass is 10.1. The average molecular weight is 452 g/mol. The third-order valence-corrected chi connectivity index (χ3v) is 6.44. The summed E-state index contributed by atoms with van der Waals surface area (Å²) in [6, 6.07) is 0. The predicted molar refractivity (Wildman–Crippen MR) is 129 cm³/mol. The molecule has 0 heterocycles. The molecule has 0 aliphatic carbocycles. The topological polar surface area (TPSA) is 58.6 Å². The lowest BCUT2D eigenvalue weighted by Crippen LogP contribution is -2.50. The maximum atomic E-state index is 11.0. The van der Waals surface area contributed by atoms with Gasteiger partial charge >= 0.3 is 0 Å². The zero-order valence-electron chi connectivity index (χ0n) is 21.3. The van der Waals surface area contributed by atoms with E-state index in [1.807, 2.05) is 13.8 Å². The number of unbranched alkanes of at least 4 members (excludes halogenated alkanes) is 6. The van der Waals surface area contributed by atoms with Crippen molar-refractivity contribution in [3.05, 3.63) is 0 Å². The van der Waals surface area contributed by atoms with Gasteiger partial charge in [-0.3, -0.25) is 4.57 Å². The normalized spacial score (nSPS) is 12.0. The lowest BCUT2D eigenvalue weighted by molar-refractivity contribution is -0.929. The van der Waals surface area contributed by atoms with Gasteiger partial charge in [0.1, 0.15) is 0 Å². The monoisotopic (exact) mass is 451 g/mol. The van der Waals surface area contributed by atoms with Gasteiger partial charge in [-0.2, -0.15) is 0 Å². The Balaban J connectivity index is 0. The molecule has 0 saturated heterocycles. The molecule has 0 spiro atoms. The van der Waals surface area contributed by atoms with E-state index in [1.54, 1.807) is 0 Å². The fourth-order valence-corrected chi connectivity index (χ4v) is 4.10. The van der Waals surface area contributed by atoms with Gasteiger partial charge in [0.05, 0.1) is 39.4 Å². The highest BCUT2D eigenvalue weighted by Gasteiger charge is 2.24. The smallest absolute Gasteiger partial charge is 0.267 e. The second kappa shape index (κ2) is 22.3. The van der Waals surface area contributed by atoms with Gasteiger partial charge in [-0.05, 0) is 38.5 Å². The van der Waals surface area contributed by atoms with E-state index < -0.39 is 7.82 Å². The molecule has 0 aromatic rings. The molecule has 0 aromatic carbocycles. The van der Waals surface area contributed by atoms with E-state index in [1.165, 1.54) is 82.0 Å². The van der Waals surface area contributed by atoms with Gasteiger partial charge < -0.3 is 18.4 Å². The number of hydrogen-bond donors (Lipinski definition) is 0. The highest BCUT2D eigenvalue weighted by atomic mass is 31.2. The van der Waals surface area contributed by atoms with Gasteiger partial charge in [-0.1, -0.05) is 80.1 Å². The van der Waals surface area contributed by atoms with E-state index in [4.69, 9.17) is 0 Å². The summed E-state index contributed by atoms with van der Waals surface area (Å²) in [6.07, 6.45) is 14.4. The van der Waals surface area contributed by atoms with Crippen LogP contribution in [0.5, 0.6) is 0 Å². The minimum atomic E-state index is -4.00. The summed E-state index contributed by atoms with van der Waals surface area (Å²) in [5, 5.41) is 0. The number of nitrogens with zero attached hydrogens (tertiary/aromatic N) is 1. The van der Waals surface area contributed by atoms with E-state index >= 15 is 0 Å². The molecular formula is C24H54NO4P. The van der Waals surface area contributed by atoms with Crippen molar-refractivity contribution in [1.82, 2.24) is 0 Å². The van der Waals surface area contributed by atoms with Crippen molar-refractivity contribution in [2.75, 3.05) is 39.4 Å². The second-order valence-corrected chi connectivity index (χ2v) is 9.88. The van der Waals surface area contributed by atoms with Gasteiger partial charge in [0.2, 0.25) is 0 Å². The third-order valence-electron chi connectivity index (χ3n) is 5.44. The van der Waals surface area contributed by atoms with E-state index in [0.717, 1.165) is 25.7 Å². The highest BCUT2D eigenvalue weighted by Crippen LogP contribution is 2.38. The van der Waals surface area contributed by atoms with Crippen molar-refractivity contribution in [3.8, 4) is 0 Å². The molecule has 0 radical (unpaired) electrons. The Bertz CT molecular complexity index is 342. The summed E-state index contributed by atoms with van der Waals surface area (Å²) in [4.78, 5) is 11.0. The minimum absolute atomic E-state index is 0.226. The molecule has 184 valence electrons. The molecule has 0 amide bonds. The summed E-state index contributed by atoms with van der Waals surface area (Å²) in [5.74, 6) is 0. The predicted octanol–water partition coefficient (Wildman–Crippen LogP) is 7.09. The molecule has 0 aliphatic heterocycles. The van der Waals surface area contributed by atoms with Crippen LogP contribution in [0.25, 0.3) is 0 Å². The maximum Gasteiger partial charge on any atom is 0.267 e. The Kier molecular flexibility index (Phi) is 23.9. The molecule has 5 nitrogen and oxygen atoms in total. The molecule has 30 heavy (non-hydrogen) atoms. The molecule has 0 atom stereocenters. The van der Waals surface area contributed by atoms with Crippen LogP contribution in [0, 0.1) is 0 Å². The van der Waals surface area contributed by atoms with Gasteiger partial charge in [0.25, 0.3) is 7.82 Å². The molecule has 6 heteroatoms. The molecule has 0 aliphatic rings. The first kappa shape index (κ1) is 32.3. The molecule has 0 saturated carbocycles. The Morgan fingerprint density at radius 1 is 0.567 bits per heavy atom. The number of quaternary nitrogens is 1. The number of hydrogen-bond acceptors (Lipinski definition) is 4. The van der Waals surface area contributed by atoms with Crippen LogP contribution in [0.3, 0.4) is 0 Å². The summed E-state index contributed by atoms with van der Waals surface area (Å²) < 4.78 is 21.6.